The standard InChI is InChI=1S/C17H20N2O7/c1-2-25-16(21)8-5-11-18-15(20)12-26-17(22)10-9-13-6-3-4-7-14(13)19(23)24/h3-4,6-7,9-10H,2,5,8,11-12H2,1H3,(H,18,20). The van der Waals surface area contributed by atoms with Crippen LogP contribution in [-0.4, -0.2) is 42.5 Å². The molecule has 0 atom stereocenters. The fraction of sp³-hybridized carbons (Fsp3) is 0.353. The molecule has 0 saturated heterocycles. The Hall–Kier alpha value is -3.23. The number of carbonyl (C=O) groups is 3. The Morgan fingerprint density at radius 3 is 2.65 bits per heavy atom. The number of nitro benzene ring substituents is 1. The lowest BCUT2D eigenvalue weighted by atomic mass is 10.1. The van der Waals surface area contributed by atoms with Crippen molar-refractivity contribution in [2.24, 2.45) is 0 Å². The van der Waals surface area contributed by atoms with Crippen LogP contribution >= 0.6 is 0 Å². The van der Waals surface area contributed by atoms with E-state index in [-0.39, 0.29) is 30.2 Å². The van der Waals surface area contributed by atoms with Crippen molar-refractivity contribution in [3.05, 3.63) is 46.0 Å². The quantitative estimate of drug-likeness (QED) is 0.220. The molecule has 1 rings (SSSR count). The van der Waals surface area contributed by atoms with E-state index in [1.165, 1.54) is 24.3 Å². The number of para-hydroxylation sites is 1. The van der Waals surface area contributed by atoms with Crippen LogP contribution in [0.3, 0.4) is 0 Å². The summed E-state index contributed by atoms with van der Waals surface area (Å²) in [6.07, 6.45) is 2.86. The summed E-state index contributed by atoms with van der Waals surface area (Å²) in [4.78, 5) is 44.5. The van der Waals surface area contributed by atoms with Gasteiger partial charge in [0.2, 0.25) is 0 Å². The number of hydrogen-bond donors (Lipinski definition) is 1. The van der Waals surface area contributed by atoms with Crippen LogP contribution in [0.4, 0.5) is 5.69 Å². The predicted molar refractivity (Wildman–Crippen MR) is 92.0 cm³/mol. The fourth-order valence-electron chi connectivity index (χ4n) is 1.88. The van der Waals surface area contributed by atoms with Crippen molar-refractivity contribution in [2.45, 2.75) is 19.8 Å². The molecule has 140 valence electrons. The van der Waals surface area contributed by atoms with Crippen LogP contribution in [-0.2, 0) is 23.9 Å². The molecule has 0 fully saturated rings. The average Bonchev–Trinajstić information content (AvgIpc) is 2.62. The minimum atomic E-state index is -0.801. The van der Waals surface area contributed by atoms with Gasteiger partial charge in [-0.25, -0.2) is 4.79 Å². The van der Waals surface area contributed by atoms with Crippen molar-refractivity contribution in [2.75, 3.05) is 19.8 Å². The smallest absolute Gasteiger partial charge is 0.331 e. The zero-order valence-electron chi connectivity index (χ0n) is 14.3. The highest BCUT2D eigenvalue weighted by molar-refractivity contribution is 5.89. The first-order chi connectivity index (χ1) is 12.4. The third-order valence-corrected chi connectivity index (χ3v) is 3.06. The second-order valence-electron chi connectivity index (χ2n) is 5.02. The summed E-state index contributed by atoms with van der Waals surface area (Å²) in [5.41, 5.74) is 0.105. The molecule has 1 aromatic carbocycles. The maximum Gasteiger partial charge on any atom is 0.331 e. The number of amides is 1. The van der Waals surface area contributed by atoms with Crippen LogP contribution in [0.15, 0.2) is 30.3 Å². The van der Waals surface area contributed by atoms with Crippen molar-refractivity contribution in [3.8, 4) is 0 Å². The number of benzene rings is 1. The molecular formula is C17H20N2O7. The van der Waals surface area contributed by atoms with E-state index in [0.717, 1.165) is 6.08 Å². The molecule has 0 saturated carbocycles. The molecule has 0 aliphatic carbocycles. The minimum Gasteiger partial charge on any atom is -0.466 e. The summed E-state index contributed by atoms with van der Waals surface area (Å²) in [5.74, 6) is -1.65. The molecule has 0 aromatic heterocycles. The molecule has 0 unspecified atom stereocenters. The Kier molecular flexibility index (Phi) is 9.08. The normalized spacial score (nSPS) is 10.3. The Labute approximate surface area is 150 Å². The molecule has 9 nitrogen and oxygen atoms in total. The summed E-state index contributed by atoms with van der Waals surface area (Å²) < 4.78 is 9.49. The summed E-state index contributed by atoms with van der Waals surface area (Å²) in [6, 6.07) is 5.91. The lowest BCUT2D eigenvalue weighted by Crippen LogP contribution is -2.29. The van der Waals surface area contributed by atoms with Crippen molar-refractivity contribution in [3.63, 3.8) is 0 Å². The lowest BCUT2D eigenvalue weighted by molar-refractivity contribution is -0.385. The molecule has 0 aliphatic heterocycles. The largest absolute Gasteiger partial charge is 0.466 e. The number of ether oxygens (including phenoxy) is 2. The molecule has 0 heterocycles. The number of nitro groups is 1. The predicted octanol–water partition coefficient (Wildman–Crippen LogP) is 1.61. The highest BCUT2D eigenvalue weighted by Crippen LogP contribution is 2.18. The summed E-state index contributed by atoms with van der Waals surface area (Å²) in [7, 11) is 0. The molecule has 26 heavy (non-hydrogen) atoms. The topological polar surface area (TPSA) is 125 Å². The molecule has 0 spiro atoms. The van der Waals surface area contributed by atoms with Gasteiger partial charge in [0.1, 0.15) is 0 Å². The van der Waals surface area contributed by atoms with Gasteiger partial charge in [0.05, 0.1) is 17.1 Å². The van der Waals surface area contributed by atoms with Crippen molar-refractivity contribution in [1.82, 2.24) is 5.32 Å². The molecule has 1 amide bonds. The third kappa shape index (κ3) is 8.04. The fourth-order valence-corrected chi connectivity index (χ4v) is 1.88. The Morgan fingerprint density at radius 1 is 1.23 bits per heavy atom. The average molecular weight is 364 g/mol. The zero-order chi connectivity index (χ0) is 19.4. The molecule has 9 heteroatoms. The van der Waals surface area contributed by atoms with Crippen LogP contribution in [0.1, 0.15) is 25.3 Å². The van der Waals surface area contributed by atoms with E-state index in [1.807, 2.05) is 0 Å². The Bertz CT molecular complexity index is 685. The van der Waals surface area contributed by atoms with E-state index in [9.17, 15) is 24.5 Å². The Balaban J connectivity index is 2.32. The third-order valence-electron chi connectivity index (χ3n) is 3.06. The van der Waals surface area contributed by atoms with E-state index >= 15 is 0 Å². The van der Waals surface area contributed by atoms with Gasteiger partial charge in [-0.2, -0.15) is 0 Å². The first-order valence-corrected chi connectivity index (χ1v) is 7.94. The number of carbonyl (C=O) groups excluding carboxylic acids is 3. The molecular weight excluding hydrogens is 344 g/mol. The molecule has 0 radical (unpaired) electrons. The van der Waals surface area contributed by atoms with Gasteiger partial charge in [-0.3, -0.25) is 19.7 Å². The van der Waals surface area contributed by atoms with Gasteiger partial charge >= 0.3 is 11.9 Å². The van der Waals surface area contributed by atoms with Gasteiger partial charge in [-0.1, -0.05) is 12.1 Å². The molecule has 1 aromatic rings. The zero-order valence-corrected chi connectivity index (χ0v) is 14.3. The first-order valence-electron chi connectivity index (χ1n) is 7.94. The second kappa shape index (κ2) is 11.3. The number of nitrogens with zero attached hydrogens (tertiary/aromatic N) is 1. The molecule has 0 aliphatic rings. The monoisotopic (exact) mass is 364 g/mol. The Morgan fingerprint density at radius 2 is 1.96 bits per heavy atom. The number of esters is 2. The van der Waals surface area contributed by atoms with Crippen LogP contribution in [0.2, 0.25) is 0 Å². The second-order valence-corrected chi connectivity index (χ2v) is 5.02. The SMILES string of the molecule is CCOC(=O)CCCNC(=O)COC(=O)C=Cc1ccccc1[N+](=O)[O-]. The van der Waals surface area contributed by atoms with Gasteiger partial charge < -0.3 is 14.8 Å². The van der Waals surface area contributed by atoms with Gasteiger partial charge in [0.15, 0.2) is 6.61 Å². The van der Waals surface area contributed by atoms with E-state index in [0.29, 0.717) is 13.0 Å². The van der Waals surface area contributed by atoms with Crippen LogP contribution in [0.25, 0.3) is 6.08 Å². The number of nitrogens with one attached hydrogen (secondary N) is 1. The maximum absolute atomic E-state index is 11.6. The van der Waals surface area contributed by atoms with Crippen molar-refractivity contribution < 1.29 is 28.8 Å². The van der Waals surface area contributed by atoms with Crippen LogP contribution < -0.4 is 5.32 Å². The van der Waals surface area contributed by atoms with Crippen LogP contribution in [0, 0.1) is 10.1 Å². The van der Waals surface area contributed by atoms with Crippen LogP contribution in [0.5, 0.6) is 0 Å². The summed E-state index contributed by atoms with van der Waals surface area (Å²) in [6.45, 7) is 1.78. The van der Waals surface area contributed by atoms with Crippen molar-refractivity contribution >= 4 is 29.6 Å². The lowest BCUT2D eigenvalue weighted by Gasteiger charge is -2.05. The van der Waals surface area contributed by atoms with Gasteiger partial charge in [-0.15, -0.1) is 0 Å². The molecule has 0 bridgehead atoms. The number of rotatable bonds is 10. The number of hydrogen-bond acceptors (Lipinski definition) is 7. The summed E-state index contributed by atoms with van der Waals surface area (Å²) in [5, 5.41) is 13.4. The minimum absolute atomic E-state index is 0.143. The van der Waals surface area contributed by atoms with E-state index in [4.69, 9.17) is 9.47 Å². The highest BCUT2D eigenvalue weighted by Gasteiger charge is 2.10. The van der Waals surface area contributed by atoms with E-state index in [2.05, 4.69) is 5.32 Å². The summed E-state index contributed by atoms with van der Waals surface area (Å²) >= 11 is 0. The molecule has 1 N–H and O–H groups in total. The maximum atomic E-state index is 11.6. The van der Waals surface area contributed by atoms with E-state index < -0.39 is 23.4 Å². The van der Waals surface area contributed by atoms with Gasteiger partial charge in [0, 0.05) is 25.1 Å². The van der Waals surface area contributed by atoms with Gasteiger partial charge in [0.25, 0.3) is 11.6 Å². The highest BCUT2D eigenvalue weighted by atomic mass is 16.6. The van der Waals surface area contributed by atoms with E-state index in [1.54, 1.807) is 13.0 Å². The van der Waals surface area contributed by atoms with Gasteiger partial charge in [-0.05, 0) is 25.5 Å². The van der Waals surface area contributed by atoms with Crippen molar-refractivity contribution in [1.29, 1.82) is 0 Å². The first kappa shape index (κ1) is 20.8.